The molecule has 8 aromatic rings. The van der Waals surface area contributed by atoms with E-state index in [1.165, 1.54) is 27.5 Å². The zero-order chi connectivity index (χ0) is 37.7. The van der Waals surface area contributed by atoms with E-state index in [4.69, 9.17) is 28.6 Å². The van der Waals surface area contributed by atoms with Crippen LogP contribution < -0.4 is 42.4 Å². The molecule has 1 aliphatic heterocycles. The van der Waals surface area contributed by atoms with Gasteiger partial charge in [0.2, 0.25) is 0 Å². The van der Waals surface area contributed by atoms with Crippen molar-refractivity contribution in [2.45, 2.75) is 6.04 Å². The van der Waals surface area contributed by atoms with Crippen LogP contribution >= 0.6 is 12.1 Å². The van der Waals surface area contributed by atoms with Crippen LogP contribution in [0.1, 0.15) is 22.7 Å². The highest BCUT2D eigenvalue weighted by molar-refractivity contribution is 8.26. The minimum atomic E-state index is -2.60. The summed E-state index contributed by atoms with van der Waals surface area (Å²) in [5.74, 6) is 0.0132. The van der Waals surface area contributed by atoms with Crippen molar-refractivity contribution in [2.24, 2.45) is 10.9 Å². The Morgan fingerprint density at radius 1 is 0.446 bits per heavy atom. The number of benzene rings is 8. The smallest absolute Gasteiger partial charge is 0.0866 e. The van der Waals surface area contributed by atoms with Crippen LogP contribution in [0.4, 0.5) is 0 Å². The van der Waals surface area contributed by atoms with E-state index in [1.807, 2.05) is 0 Å². The van der Waals surface area contributed by atoms with E-state index >= 15 is 0 Å². The summed E-state index contributed by atoms with van der Waals surface area (Å²) >= 11 is 14.3. The molecule has 0 saturated heterocycles. The fourth-order valence-electron chi connectivity index (χ4n) is 8.68. The van der Waals surface area contributed by atoms with E-state index in [9.17, 15) is 0 Å². The molecule has 1 heterocycles. The highest BCUT2D eigenvalue weighted by Crippen LogP contribution is 2.49. The van der Waals surface area contributed by atoms with Crippen LogP contribution in [-0.4, -0.2) is 0 Å². The third-order valence-corrected chi connectivity index (χ3v) is 21.2. The first-order chi connectivity index (χ1) is 27.5. The van der Waals surface area contributed by atoms with Gasteiger partial charge in [0.25, 0.3) is 0 Å². The Bertz CT molecular complexity index is 2830. The Morgan fingerprint density at radius 3 is 1.48 bits per heavy atom. The van der Waals surface area contributed by atoms with Gasteiger partial charge in [0.15, 0.2) is 0 Å². The Balaban J connectivity index is 1.36. The summed E-state index contributed by atoms with van der Waals surface area (Å²) in [6.07, 6.45) is 4.67. The van der Waals surface area contributed by atoms with Crippen molar-refractivity contribution < 1.29 is 0 Å². The molecule has 2 unspecified atom stereocenters. The lowest BCUT2D eigenvalue weighted by molar-refractivity contribution is 0.600. The Kier molecular flexibility index (Phi) is 9.01. The van der Waals surface area contributed by atoms with Crippen LogP contribution in [0.2, 0.25) is 0 Å². The average Bonchev–Trinajstić information content (AvgIpc) is 3.28. The molecule has 0 radical (unpaired) electrons. The van der Waals surface area contributed by atoms with Gasteiger partial charge < -0.3 is 0 Å². The zero-order valence-corrected chi connectivity index (χ0v) is 33.9. The SMILES string of the molecule is S=P(c1ccccc1)(c1ccccc1)c1cc(C2=c3ccc4ccccc4c3=NC3c4ccccc4C=CC23)cc(P(=S)(c2ccccc2)c2ccccc2)c1. The lowest BCUT2D eigenvalue weighted by atomic mass is 9.76. The second kappa shape index (κ2) is 14.3. The average molecular weight is 790 g/mol. The van der Waals surface area contributed by atoms with Gasteiger partial charge in [-0.2, -0.15) is 0 Å². The third-order valence-electron chi connectivity index (χ3n) is 11.4. The first-order valence-electron chi connectivity index (χ1n) is 19.0. The van der Waals surface area contributed by atoms with Crippen molar-refractivity contribution in [3.05, 3.63) is 234 Å². The molecule has 268 valence electrons. The van der Waals surface area contributed by atoms with Crippen LogP contribution in [-0.2, 0) is 23.6 Å². The van der Waals surface area contributed by atoms with Gasteiger partial charge in [-0.1, -0.05) is 218 Å². The second-order valence-electron chi connectivity index (χ2n) is 14.5. The summed E-state index contributed by atoms with van der Waals surface area (Å²) in [4.78, 5) is 5.65. The number of nitrogens with zero attached hydrogens (tertiary/aromatic N) is 1. The summed E-state index contributed by atoms with van der Waals surface area (Å²) < 4.78 is 0. The van der Waals surface area contributed by atoms with Gasteiger partial charge in [-0.3, -0.25) is 4.99 Å². The van der Waals surface area contributed by atoms with E-state index in [1.54, 1.807) is 0 Å². The molecular formula is C51H37NP2S2. The fourth-order valence-corrected chi connectivity index (χ4v) is 16.3. The Morgan fingerprint density at radius 2 is 0.929 bits per heavy atom. The molecule has 0 bridgehead atoms. The summed E-state index contributed by atoms with van der Waals surface area (Å²) in [5.41, 5.74) is 4.90. The molecule has 8 aromatic carbocycles. The first-order valence-corrected chi connectivity index (χ1v) is 24.6. The highest BCUT2D eigenvalue weighted by Gasteiger charge is 2.35. The molecule has 10 rings (SSSR count). The minimum absolute atomic E-state index is 0.0132. The number of hydrogen-bond acceptors (Lipinski definition) is 3. The maximum absolute atomic E-state index is 7.13. The molecule has 2 atom stereocenters. The van der Waals surface area contributed by atoms with Crippen LogP contribution in [0.25, 0.3) is 22.4 Å². The highest BCUT2D eigenvalue weighted by atomic mass is 32.4. The summed E-state index contributed by atoms with van der Waals surface area (Å²) in [6, 6.07) is 66.9. The van der Waals surface area contributed by atoms with Crippen LogP contribution in [0.3, 0.4) is 0 Å². The zero-order valence-electron chi connectivity index (χ0n) is 30.5. The van der Waals surface area contributed by atoms with E-state index in [2.05, 4.69) is 212 Å². The molecule has 0 saturated carbocycles. The monoisotopic (exact) mass is 789 g/mol. The van der Waals surface area contributed by atoms with Gasteiger partial charge in [0.1, 0.15) is 0 Å². The van der Waals surface area contributed by atoms with Crippen molar-refractivity contribution in [3.8, 4) is 0 Å². The lowest BCUT2D eigenvalue weighted by Gasteiger charge is -2.34. The Hall–Kier alpha value is -5.27. The molecule has 56 heavy (non-hydrogen) atoms. The molecule has 0 N–H and O–H groups in total. The van der Waals surface area contributed by atoms with Gasteiger partial charge in [0.05, 0.1) is 11.4 Å². The normalized spacial score (nSPS) is 16.0. The third kappa shape index (κ3) is 5.77. The number of fused-ring (bicyclic) bond motifs is 6. The standard InChI is InChI=1S/C51H37NP2S2/c55-53(39-19-5-1-6-20-39,40-21-7-2-8-22-40)43-33-38(34-44(35-43)54(56,41-23-9-3-10-24-41)42-25-11-4-12-26-42)49-47-31-29-36-17-13-15-27-45(36)50(47)52-51-46-28-16-14-18-37(46)30-32-48(49)51/h1-35,47,50H. The molecule has 5 heteroatoms. The number of hydrogen-bond donors (Lipinski definition) is 0. The maximum Gasteiger partial charge on any atom is 0.0866 e. The van der Waals surface area contributed by atoms with Crippen LogP contribution in [0.15, 0.2) is 211 Å². The van der Waals surface area contributed by atoms with Gasteiger partial charge >= 0.3 is 0 Å². The second-order valence-corrected chi connectivity index (χ2v) is 23.3. The largest absolute Gasteiger partial charge is 0.275 e. The molecule has 1 nitrogen and oxygen atoms in total. The topological polar surface area (TPSA) is 12.4 Å². The van der Waals surface area contributed by atoms with Crippen molar-refractivity contribution in [1.29, 1.82) is 0 Å². The van der Waals surface area contributed by atoms with Crippen molar-refractivity contribution >= 4 is 89.9 Å². The summed E-state index contributed by atoms with van der Waals surface area (Å²) in [7, 11) is 0. The fraction of sp³-hybridized carbons (Fsp3) is 0.0392. The van der Waals surface area contributed by atoms with Crippen LogP contribution in [0.5, 0.6) is 0 Å². The quantitative estimate of drug-likeness (QED) is 0.150. The predicted molar refractivity (Wildman–Crippen MR) is 248 cm³/mol. The molecule has 0 amide bonds. The molecular weight excluding hydrogens is 753 g/mol. The van der Waals surface area contributed by atoms with E-state index in [-0.39, 0.29) is 12.0 Å². The van der Waals surface area contributed by atoms with E-state index < -0.39 is 12.1 Å². The predicted octanol–water partition coefficient (Wildman–Crippen LogP) is 8.57. The molecule has 0 aromatic heterocycles. The van der Waals surface area contributed by atoms with Gasteiger partial charge in [-0.15, -0.1) is 0 Å². The summed E-state index contributed by atoms with van der Waals surface area (Å²) in [6.45, 7) is 0. The van der Waals surface area contributed by atoms with E-state index in [0.29, 0.717) is 0 Å². The van der Waals surface area contributed by atoms with Gasteiger partial charge in [0, 0.05) is 28.6 Å². The summed E-state index contributed by atoms with van der Waals surface area (Å²) in [5, 5.41) is 11.5. The number of rotatable bonds is 7. The molecule has 0 spiro atoms. The van der Waals surface area contributed by atoms with Gasteiger partial charge in [-0.25, -0.2) is 0 Å². The molecule has 1 aliphatic carbocycles. The molecule has 2 aliphatic rings. The van der Waals surface area contributed by atoms with Gasteiger partial charge in [-0.05, 0) is 77.7 Å². The van der Waals surface area contributed by atoms with E-state index in [0.717, 1.165) is 48.0 Å². The van der Waals surface area contributed by atoms with Crippen molar-refractivity contribution in [3.63, 3.8) is 0 Å². The molecule has 0 fully saturated rings. The lowest BCUT2D eigenvalue weighted by Crippen LogP contribution is -2.38. The van der Waals surface area contributed by atoms with Crippen LogP contribution in [0, 0.1) is 5.92 Å². The minimum Gasteiger partial charge on any atom is -0.275 e. The van der Waals surface area contributed by atoms with Crippen molar-refractivity contribution in [1.82, 2.24) is 0 Å². The van der Waals surface area contributed by atoms with Crippen molar-refractivity contribution in [2.75, 3.05) is 0 Å². The first kappa shape index (κ1) is 35.2. The maximum atomic E-state index is 7.13. The Labute approximate surface area is 338 Å².